The van der Waals surface area contributed by atoms with Crippen LogP contribution >= 0.6 is 0 Å². The smallest absolute Gasteiger partial charge is 0.255 e. The molecule has 9 nitrogen and oxygen atoms in total. The zero-order chi connectivity index (χ0) is 28.4. The van der Waals surface area contributed by atoms with E-state index in [4.69, 9.17) is 5.73 Å². The van der Waals surface area contributed by atoms with Gasteiger partial charge in [0, 0.05) is 17.1 Å². The fourth-order valence-corrected chi connectivity index (χ4v) is 6.21. The molecule has 10 heteroatoms. The Kier molecular flexibility index (Phi) is 6.20. The van der Waals surface area contributed by atoms with Gasteiger partial charge in [-0.05, 0) is 56.1 Å². The molecule has 0 bridgehead atoms. The van der Waals surface area contributed by atoms with Gasteiger partial charge in [-0.2, -0.15) is 0 Å². The monoisotopic (exact) mass is 534 g/mol. The Hall–Kier alpha value is -4.28. The predicted molar refractivity (Wildman–Crippen MR) is 140 cm³/mol. The number of phenolic OH excluding ortho intramolecular Hbond substituents is 1. The number of carbonyl (C=O) groups excluding carboxylic acids is 3. The lowest BCUT2D eigenvalue weighted by Crippen LogP contribution is -2.65. The normalized spacial score (nSPS) is 26.6. The molecule has 202 valence electrons. The summed E-state index contributed by atoms with van der Waals surface area (Å²) < 4.78 is 14.2. The van der Waals surface area contributed by atoms with Crippen molar-refractivity contribution in [2.24, 2.45) is 17.6 Å². The van der Waals surface area contributed by atoms with Gasteiger partial charge >= 0.3 is 0 Å². The van der Waals surface area contributed by atoms with E-state index in [0.717, 1.165) is 0 Å². The van der Waals surface area contributed by atoms with E-state index in [1.807, 2.05) is 0 Å². The highest BCUT2D eigenvalue weighted by Gasteiger charge is 2.64. The molecule has 0 heterocycles. The van der Waals surface area contributed by atoms with Gasteiger partial charge < -0.3 is 26.2 Å². The van der Waals surface area contributed by atoms with Crippen LogP contribution in [0, 0.1) is 17.7 Å². The molecular weight excluding hydrogens is 507 g/mol. The molecule has 0 spiro atoms. The van der Waals surface area contributed by atoms with E-state index >= 15 is 0 Å². The number of benzene rings is 2. The van der Waals surface area contributed by atoms with Gasteiger partial charge in [-0.25, -0.2) is 4.39 Å². The molecule has 5 rings (SSSR count). The summed E-state index contributed by atoms with van der Waals surface area (Å²) in [5.74, 6) is -7.50. The summed E-state index contributed by atoms with van der Waals surface area (Å²) in [6, 6.07) is 7.93. The topological polar surface area (TPSA) is 161 Å². The molecule has 6 N–H and O–H groups in total. The van der Waals surface area contributed by atoms with Crippen LogP contribution in [0.3, 0.4) is 0 Å². The second-order valence-corrected chi connectivity index (χ2v) is 10.3. The van der Waals surface area contributed by atoms with Crippen LogP contribution in [0.2, 0.25) is 0 Å². The molecule has 0 unspecified atom stereocenters. The van der Waals surface area contributed by atoms with E-state index in [9.17, 15) is 39.2 Å². The van der Waals surface area contributed by atoms with Crippen molar-refractivity contribution in [1.29, 1.82) is 0 Å². The maximum absolute atomic E-state index is 14.2. The van der Waals surface area contributed by atoms with Crippen LogP contribution in [0.1, 0.15) is 28.7 Å². The summed E-state index contributed by atoms with van der Waals surface area (Å²) in [6.07, 6.45) is 3.31. The highest BCUT2D eigenvalue weighted by atomic mass is 19.1. The first-order chi connectivity index (χ1) is 18.4. The fourth-order valence-electron chi connectivity index (χ4n) is 6.21. The number of carbonyl (C=O) groups is 3. The molecule has 1 amide bonds. The van der Waals surface area contributed by atoms with Gasteiger partial charge in [0.2, 0.25) is 5.78 Å². The van der Waals surface area contributed by atoms with Gasteiger partial charge in [-0.15, -0.1) is 0 Å². The Labute approximate surface area is 223 Å². The van der Waals surface area contributed by atoms with Crippen molar-refractivity contribution in [2.75, 3.05) is 14.1 Å². The molecule has 39 heavy (non-hydrogen) atoms. The molecule has 0 aliphatic heterocycles. The zero-order valence-corrected chi connectivity index (χ0v) is 21.2. The third-order valence-corrected chi connectivity index (χ3v) is 7.99. The Balaban J connectivity index is 1.68. The first-order valence-electron chi connectivity index (χ1n) is 12.3. The first kappa shape index (κ1) is 26.3. The van der Waals surface area contributed by atoms with Crippen molar-refractivity contribution < 1.29 is 39.2 Å². The number of amides is 1. The molecule has 3 aliphatic rings. The number of hydrogen-bond acceptors (Lipinski definition) is 8. The van der Waals surface area contributed by atoms with Gasteiger partial charge in [0.05, 0.1) is 11.6 Å². The van der Waals surface area contributed by atoms with E-state index < -0.39 is 63.9 Å². The van der Waals surface area contributed by atoms with Crippen molar-refractivity contribution in [3.8, 4) is 5.75 Å². The number of ketones is 2. The number of nitrogens with zero attached hydrogens (tertiary/aromatic N) is 1. The first-order valence-corrected chi connectivity index (χ1v) is 12.3. The standard InChI is InChI=1S/C29H27FN2O7/c1-32(2)23-17-12-15-11-16-13(7-8-14-5-3-4-6-18(14)30)9-10-19(33)21(16)24(34)20(15)26(36)29(17,39)27(37)22(25(23)35)28(31)38/h3-10,15,17,23,33-34,37,39H,11-12H2,1-2H3,(H2,31,38)/t15-,17-,23-,29-/m0/s1. The van der Waals surface area contributed by atoms with Gasteiger partial charge in [0.25, 0.3) is 5.91 Å². The Bertz CT molecular complexity index is 1540. The zero-order valence-electron chi connectivity index (χ0n) is 21.2. The van der Waals surface area contributed by atoms with Crippen LogP contribution in [0.15, 0.2) is 53.3 Å². The highest BCUT2D eigenvalue weighted by Crippen LogP contribution is 2.53. The maximum atomic E-state index is 14.2. The van der Waals surface area contributed by atoms with Gasteiger partial charge in [0.1, 0.15) is 28.7 Å². The second-order valence-electron chi connectivity index (χ2n) is 10.3. The molecule has 0 saturated heterocycles. The van der Waals surface area contributed by atoms with Crippen LogP contribution in [0.25, 0.3) is 17.9 Å². The molecule has 1 fully saturated rings. The van der Waals surface area contributed by atoms with Crippen LogP contribution in [-0.4, -0.2) is 68.5 Å². The number of aliphatic hydroxyl groups is 3. The lowest BCUT2D eigenvalue weighted by molar-refractivity contribution is -0.153. The second kappa shape index (κ2) is 9.18. The number of hydrogen-bond donors (Lipinski definition) is 5. The summed E-state index contributed by atoms with van der Waals surface area (Å²) in [6.45, 7) is 0. The van der Waals surface area contributed by atoms with Gasteiger partial charge in [-0.3, -0.25) is 19.3 Å². The number of phenols is 1. The molecular formula is C29H27FN2O7. The predicted octanol–water partition coefficient (Wildman–Crippen LogP) is 2.27. The molecule has 1 saturated carbocycles. The lowest BCUT2D eigenvalue weighted by Gasteiger charge is -2.50. The minimum Gasteiger partial charge on any atom is -0.508 e. The van der Waals surface area contributed by atoms with Gasteiger partial charge in [-0.1, -0.05) is 36.4 Å². The lowest BCUT2D eigenvalue weighted by atomic mass is 9.57. The van der Waals surface area contributed by atoms with E-state index in [0.29, 0.717) is 16.7 Å². The van der Waals surface area contributed by atoms with Crippen LogP contribution in [0.4, 0.5) is 4.39 Å². The van der Waals surface area contributed by atoms with Gasteiger partial charge in [0.15, 0.2) is 11.4 Å². The van der Waals surface area contributed by atoms with Crippen molar-refractivity contribution >= 4 is 35.4 Å². The van der Waals surface area contributed by atoms with E-state index in [2.05, 4.69) is 0 Å². The minimum atomic E-state index is -2.69. The van der Waals surface area contributed by atoms with Crippen LogP contribution in [-0.2, 0) is 20.8 Å². The molecule has 4 atom stereocenters. The molecule has 2 aromatic carbocycles. The number of primary amides is 1. The molecule has 3 aliphatic carbocycles. The maximum Gasteiger partial charge on any atom is 0.255 e. The summed E-state index contributed by atoms with van der Waals surface area (Å²) >= 11 is 0. The Morgan fingerprint density at radius 2 is 1.74 bits per heavy atom. The Morgan fingerprint density at radius 3 is 2.38 bits per heavy atom. The third kappa shape index (κ3) is 3.78. The van der Waals surface area contributed by atoms with E-state index in [1.165, 1.54) is 31.1 Å². The molecule has 0 aromatic heterocycles. The Morgan fingerprint density at radius 1 is 1.08 bits per heavy atom. The number of nitrogens with two attached hydrogens (primary N) is 1. The van der Waals surface area contributed by atoms with Crippen LogP contribution in [0.5, 0.6) is 5.75 Å². The number of halogens is 1. The van der Waals surface area contributed by atoms with Crippen molar-refractivity contribution in [3.63, 3.8) is 0 Å². The summed E-state index contributed by atoms with van der Waals surface area (Å²) in [5, 5.41) is 44.5. The molecule has 2 aromatic rings. The van der Waals surface area contributed by atoms with Crippen LogP contribution < -0.4 is 5.73 Å². The largest absolute Gasteiger partial charge is 0.508 e. The number of aliphatic hydroxyl groups excluding tert-OH is 2. The fraction of sp³-hybridized carbons (Fsp3) is 0.276. The summed E-state index contributed by atoms with van der Waals surface area (Å²) in [4.78, 5) is 40.5. The minimum absolute atomic E-state index is 0.0160. The quantitative estimate of drug-likeness (QED) is 0.295. The number of likely N-dealkylation sites (N-methyl/N-ethyl adjacent to an activating group) is 1. The van der Waals surface area contributed by atoms with Crippen molar-refractivity contribution in [1.82, 2.24) is 4.90 Å². The van der Waals surface area contributed by atoms with E-state index in [-0.39, 0.29) is 29.7 Å². The SMILES string of the molecule is CN(C)[C@@H]1C(=O)C(C(N)=O)=C(O)[C@@]2(O)C(=O)C3=C(O)c4c(O)ccc(C=Cc5ccccc5F)c4C[C@H]3C[C@@H]12. The summed E-state index contributed by atoms with van der Waals surface area (Å²) in [7, 11) is 3.08. The van der Waals surface area contributed by atoms with Crippen molar-refractivity contribution in [2.45, 2.75) is 24.5 Å². The van der Waals surface area contributed by atoms with Crippen molar-refractivity contribution in [3.05, 3.63) is 81.4 Å². The average molecular weight is 535 g/mol. The third-order valence-electron chi connectivity index (χ3n) is 7.99. The molecule has 0 radical (unpaired) electrons. The van der Waals surface area contributed by atoms with E-state index in [1.54, 1.807) is 36.4 Å². The highest BCUT2D eigenvalue weighted by molar-refractivity contribution is 6.24. The number of Topliss-reactive ketones (excluding diaryl/α,β-unsaturated/α-hetero) is 2. The average Bonchev–Trinajstić information content (AvgIpc) is 2.86. The number of aromatic hydroxyl groups is 1. The summed E-state index contributed by atoms with van der Waals surface area (Å²) in [5.41, 5.74) is 2.91. The number of rotatable bonds is 4. The number of fused-ring (bicyclic) bond motifs is 3.